The third kappa shape index (κ3) is 6.45. The molecule has 2 aromatic rings. The van der Waals surface area contributed by atoms with Gasteiger partial charge in [-0.3, -0.25) is 4.79 Å². The Kier molecular flexibility index (Phi) is 7.25. The summed E-state index contributed by atoms with van der Waals surface area (Å²) < 4.78 is 15.2. The number of carbonyl (C=O) groups is 2. The van der Waals surface area contributed by atoms with E-state index < -0.39 is 5.97 Å². The molecule has 2 aromatic carbocycles. The molecule has 0 aromatic heterocycles. The fraction of sp³-hybridized carbons (Fsp3) is 0.222. The monoisotopic (exact) mass is 363 g/mol. The molecular formula is C18H18ClNO5. The van der Waals surface area contributed by atoms with Gasteiger partial charge in [0.25, 0.3) is 5.91 Å². The summed E-state index contributed by atoms with van der Waals surface area (Å²) >= 11 is 5.84. The highest BCUT2D eigenvalue weighted by atomic mass is 35.5. The first-order chi connectivity index (χ1) is 12.1. The van der Waals surface area contributed by atoms with Gasteiger partial charge in [0.05, 0.1) is 12.2 Å². The zero-order valence-corrected chi connectivity index (χ0v) is 14.4. The third-order valence-electron chi connectivity index (χ3n) is 3.09. The van der Waals surface area contributed by atoms with Crippen LogP contribution in [0.2, 0.25) is 5.02 Å². The van der Waals surface area contributed by atoms with Crippen LogP contribution in [0.4, 0.5) is 5.69 Å². The lowest BCUT2D eigenvalue weighted by molar-refractivity contribution is -0.118. The molecule has 7 heteroatoms. The van der Waals surface area contributed by atoms with E-state index in [1.165, 1.54) is 7.11 Å². The van der Waals surface area contributed by atoms with Crippen molar-refractivity contribution in [3.05, 3.63) is 59.1 Å². The maximum atomic E-state index is 11.9. The molecule has 6 nitrogen and oxygen atoms in total. The fourth-order valence-corrected chi connectivity index (χ4v) is 2.07. The molecule has 0 bridgehead atoms. The molecule has 0 heterocycles. The van der Waals surface area contributed by atoms with E-state index in [1.54, 1.807) is 48.5 Å². The Morgan fingerprint density at radius 1 is 1.08 bits per heavy atom. The molecule has 1 N–H and O–H groups in total. The lowest BCUT2D eigenvalue weighted by Gasteiger charge is -2.08. The van der Waals surface area contributed by atoms with Gasteiger partial charge in [-0.25, -0.2) is 4.79 Å². The molecule has 0 fully saturated rings. The first kappa shape index (κ1) is 18.8. The second kappa shape index (κ2) is 9.66. The van der Waals surface area contributed by atoms with Gasteiger partial charge in [0, 0.05) is 17.8 Å². The van der Waals surface area contributed by atoms with Crippen molar-refractivity contribution in [3.8, 4) is 5.75 Å². The van der Waals surface area contributed by atoms with Crippen molar-refractivity contribution in [2.24, 2.45) is 0 Å². The normalized spacial score (nSPS) is 10.2. The number of rotatable bonds is 8. The van der Waals surface area contributed by atoms with Crippen molar-refractivity contribution >= 4 is 29.2 Å². The highest BCUT2D eigenvalue weighted by Gasteiger charge is 2.08. The van der Waals surface area contributed by atoms with Crippen LogP contribution in [0.1, 0.15) is 10.4 Å². The molecular weight excluding hydrogens is 346 g/mol. The van der Waals surface area contributed by atoms with Crippen molar-refractivity contribution in [2.75, 3.05) is 32.2 Å². The van der Waals surface area contributed by atoms with Crippen molar-refractivity contribution in [1.82, 2.24) is 0 Å². The molecule has 0 aliphatic heterocycles. The highest BCUT2D eigenvalue weighted by molar-refractivity contribution is 6.30. The van der Waals surface area contributed by atoms with Crippen LogP contribution in [0, 0.1) is 0 Å². The van der Waals surface area contributed by atoms with Crippen molar-refractivity contribution in [1.29, 1.82) is 0 Å². The Hall–Kier alpha value is -2.57. The summed E-state index contributed by atoms with van der Waals surface area (Å²) in [5.74, 6) is -0.258. The predicted octanol–water partition coefficient (Wildman–Crippen LogP) is 3.16. The average Bonchev–Trinajstić information content (AvgIpc) is 2.61. The Morgan fingerprint density at radius 2 is 1.84 bits per heavy atom. The largest absolute Gasteiger partial charge is 0.484 e. The van der Waals surface area contributed by atoms with Gasteiger partial charge in [-0.05, 0) is 42.5 Å². The maximum Gasteiger partial charge on any atom is 0.338 e. The molecule has 0 aliphatic rings. The molecule has 132 valence electrons. The van der Waals surface area contributed by atoms with E-state index in [9.17, 15) is 9.59 Å². The standard InChI is InChI=1S/C18H18ClNO5/c1-23-9-10-24-18(22)13-5-7-15(8-6-13)20-17(21)12-25-16-4-2-3-14(19)11-16/h2-8,11H,9-10,12H2,1H3,(H,20,21). The summed E-state index contributed by atoms with van der Waals surface area (Å²) in [6.07, 6.45) is 0. The van der Waals surface area contributed by atoms with Crippen molar-refractivity contribution in [2.45, 2.75) is 0 Å². The van der Waals surface area contributed by atoms with Crippen LogP contribution in [-0.4, -0.2) is 38.8 Å². The second-order valence-corrected chi connectivity index (χ2v) is 5.44. The van der Waals surface area contributed by atoms with Gasteiger partial charge in [-0.1, -0.05) is 17.7 Å². The van der Waals surface area contributed by atoms with Gasteiger partial charge in [0.15, 0.2) is 6.61 Å². The molecule has 1 amide bonds. The minimum absolute atomic E-state index is 0.152. The van der Waals surface area contributed by atoms with Crippen LogP contribution in [0.25, 0.3) is 0 Å². The van der Waals surface area contributed by atoms with Gasteiger partial charge in [0.1, 0.15) is 12.4 Å². The number of amides is 1. The second-order valence-electron chi connectivity index (χ2n) is 5.00. The molecule has 2 rings (SSSR count). The number of anilines is 1. The van der Waals surface area contributed by atoms with Gasteiger partial charge in [0.2, 0.25) is 0 Å². The van der Waals surface area contributed by atoms with Crippen LogP contribution in [0.15, 0.2) is 48.5 Å². The number of ether oxygens (including phenoxy) is 3. The van der Waals surface area contributed by atoms with E-state index in [0.717, 1.165) is 0 Å². The van der Waals surface area contributed by atoms with E-state index >= 15 is 0 Å². The zero-order valence-electron chi connectivity index (χ0n) is 13.7. The van der Waals surface area contributed by atoms with Crippen molar-refractivity contribution in [3.63, 3.8) is 0 Å². The lowest BCUT2D eigenvalue weighted by atomic mass is 10.2. The number of nitrogens with one attached hydrogen (secondary N) is 1. The quantitative estimate of drug-likeness (QED) is 0.576. The Labute approximate surface area is 150 Å². The van der Waals surface area contributed by atoms with Gasteiger partial charge in [-0.15, -0.1) is 0 Å². The van der Waals surface area contributed by atoms with Crippen molar-refractivity contribution < 1.29 is 23.8 Å². The third-order valence-corrected chi connectivity index (χ3v) is 3.33. The van der Waals surface area contributed by atoms with E-state index in [4.69, 9.17) is 25.8 Å². The summed E-state index contributed by atoms with van der Waals surface area (Å²) in [6, 6.07) is 13.2. The van der Waals surface area contributed by atoms with E-state index in [0.29, 0.717) is 28.6 Å². The summed E-state index contributed by atoms with van der Waals surface area (Å²) in [5, 5.41) is 3.21. The first-order valence-corrected chi connectivity index (χ1v) is 7.90. The summed E-state index contributed by atoms with van der Waals surface area (Å²) in [6.45, 7) is 0.377. The van der Waals surface area contributed by atoms with E-state index in [-0.39, 0.29) is 19.1 Å². The minimum atomic E-state index is -0.445. The highest BCUT2D eigenvalue weighted by Crippen LogP contribution is 2.17. The molecule has 0 spiro atoms. The molecule has 0 saturated heterocycles. The Bertz CT molecular complexity index is 718. The van der Waals surface area contributed by atoms with Gasteiger partial charge in [-0.2, -0.15) is 0 Å². The number of methoxy groups -OCH3 is 1. The summed E-state index contributed by atoms with van der Waals surface area (Å²) in [4.78, 5) is 23.6. The molecule has 0 atom stereocenters. The predicted molar refractivity (Wildman–Crippen MR) is 94.2 cm³/mol. The number of esters is 1. The van der Waals surface area contributed by atoms with Crippen LogP contribution >= 0.6 is 11.6 Å². The minimum Gasteiger partial charge on any atom is -0.484 e. The smallest absolute Gasteiger partial charge is 0.338 e. The van der Waals surface area contributed by atoms with E-state index in [1.807, 2.05) is 0 Å². The number of halogens is 1. The Balaban J connectivity index is 1.81. The molecule has 0 unspecified atom stereocenters. The SMILES string of the molecule is COCCOC(=O)c1ccc(NC(=O)COc2cccc(Cl)c2)cc1. The van der Waals surface area contributed by atoms with Crippen LogP contribution < -0.4 is 10.1 Å². The average molecular weight is 364 g/mol. The Morgan fingerprint density at radius 3 is 2.52 bits per heavy atom. The summed E-state index contributed by atoms with van der Waals surface area (Å²) in [5.41, 5.74) is 0.942. The molecule has 25 heavy (non-hydrogen) atoms. The van der Waals surface area contributed by atoms with E-state index in [2.05, 4.69) is 5.32 Å². The number of hydrogen-bond donors (Lipinski definition) is 1. The van der Waals surface area contributed by atoms with Gasteiger partial charge >= 0.3 is 5.97 Å². The molecule has 0 radical (unpaired) electrons. The van der Waals surface area contributed by atoms with Crippen LogP contribution in [0.5, 0.6) is 5.75 Å². The number of carbonyl (C=O) groups excluding carboxylic acids is 2. The van der Waals surface area contributed by atoms with Crippen LogP contribution in [-0.2, 0) is 14.3 Å². The zero-order chi connectivity index (χ0) is 18.1. The number of hydrogen-bond acceptors (Lipinski definition) is 5. The fourth-order valence-electron chi connectivity index (χ4n) is 1.89. The van der Waals surface area contributed by atoms with Crippen LogP contribution in [0.3, 0.4) is 0 Å². The first-order valence-electron chi connectivity index (χ1n) is 7.53. The maximum absolute atomic E-state index is 11.9. The molecule has 0 saturated carbocycles. The number of benzene rings is 2. The van der Waals surface area contributed by atoms with Gasteiger partial charge < -0.3 is 19.5 Å². The topological polar surface area (TPSA) is 73.9 Å². The summed E-state index contributed by atoms with van der Waals surface area (Å²) in [7, 11) is 1.53. The molecule has 0 aliphatic carbocycles. The lowest BCUT2D eigenvalue weighted by Crippen LogP contribution is -2.20.